The third kappa shape index (κ3) is 4.52. The Morgan fingerprint density at radius 1 is 0.938 bits per heavy atom. The lowest BCUT2D eigenvalue weighted by Gasteiger charge is -2.25. The molecule has 1 N–H and O–H groups in total. The average Bonchev–Trinajstić information content (AvgIpc) is 3.50. The molecule has 2 aliphatic rings. The van der Waals surface area contributed by atoms with Gasteiger partial charge in [0.2, 0.25) is 5.91 Å². The van der Waals surface area contributed by atoms with Crippen LogP contribution in [0, 0.1) is 12.8 Å². The molecule has 170 valence electrons. The second kappa shape index (κ2) is 9.51. The smallest absolute Gasteiger partial charge is 0.321 e. The molecule has 7 heteroatoms. The van der Waals surface area contributed by atoms with Gasteiger partial charge in [-0.1, -0.05) is 17.7 Å². The summed E-state index contributed by atoms with van der Waals surface area (Å²) < 4.78 is 11.0. The van der Waals surface area contributed by atoms with Crippen LogP contribution in [-0.4, -0.2) is 62.1 Å². The van der Waals surface area contributed by atoms with Gasteiger partial charge in [0.15, 0.2) is 0 Å². The Morgan fingerprint density at radius 3 is 2.31 bits per heavy atom. The normalized spacial score (nSPS) is 20.3. The van der Waals surface area contributed by atoms with Crippen molar-refractivity contribution in [3.63, 3.8) is 0 Å². The van der Waals surface area contributed by atoms with Crippen LogP contribution in [0.3, 0.4) is 0 Å². The van der Waals surface area contributed by atoms with Crippen molar-refractivity contribution in [2.45, 2.75) is 25.7 Å². The Labute approximate surface area is 189 Å². The summed E-state index contributed by atoms with van der Waals surface area (Å²) in [4.78, 5) is 30.2. The predicted octanol–water partition coefficient (Wildman–Crippen LogP) is 3.88. The lowest BCUT2D eigenvalue weighted by atomic mass is 9.87. The van der Waals surface area contributed by atoms with Crippen molar-refractivity contribution in [3.05, 3.63) is 53.6 Å². The highest BCUT2D eigenvalue weighted by Crippen LogP contribution is 2.40. The van der Waals surface area contributed by atoms with Crippen LogP contribution in [0.4, 0.5) is 10.5 Å². The molecule has 0 spiro atoms. The van der Waals surface area contributed by atoms with Crippen LogP contribution in [0.1, 0.15) is 29.9 Å². The second-order valence-corrected chi connectivity index (χ2v) is 8.55. The Morgan fingerprint density at radius 2 is 1.66 bits per heavy atom. The number of benzene rings is 2. The molecule has 2 atom stereocenters. The number of urea groups is 1. The number of rotatable bonds is 5. The number of carbonyl (C=O) groups excluding carboxylic acids is 2. The fourth-order valence-electron chi connectivity index (χ4n) is 4.68. The van der Waals surface area contributed by atoms with Gasteiger partial charge >= 0.3 is 6.03 Å². The van der Waals surface area contributed by atoms with Crippen molar-refractivity contribution < 1.29 is 19.1 Å². The molecule has 7 nitrogen and oxygen atoms in total. The van der Waals surface area contributed by atoms with Gasteiger partial charge in [-0.2, -0.15) is 0 Å². The van der Waals surface area contributed by atoms with E-state index in [1.54, 1.807) is 19.1 Å². The average molecular weight is 438 g/mol. The summed E-state index contributed by atoms with van der Waals surface area (Å²) in [5.41, 5.74) is 2.77. The maximum Gasteiger partial charge on any atom is 0.321 e. The summed E-state index contributed by atoms with van der Waals surface area (Å²) in [6.07, 6.45) is 2.06. The van der Waals surface area contributed by atoms with Crippen LogP contribution in [0.25, 0.3) is 0 Å². The van der Waals surface area contributed by atoms with Gasteiger partial charge in [-0.05, 0) is 50.1 Å². The molecule has 2 saturated heterocycles. The topological polar surface area (TPSA) is 71.1 Å². The third-order valence-corrected chi connectivity index (χ3v) is 6.48. The number of ether oxygens (including phenoxy) is 2. The molecule has 4 rings (SSSR count). The van der Waals surface area contributed by atoms with E-state index < -0.39 is 0 Å². The molecule has 32 heavy (non-hydrogen) atoms. The number of methoxy groups -OCH3 is 2. The van der Waals surface area contributed by atoms with Gasteiger partial charge in [0.1, 0.15) is 11.5 Å². The zero-order valence-electron chi connectivity index (χ0n) is 19.0. The van der Waals surface area contributed by atoms with Gasteiger partial charge < -0.3 is 24.6 Å². The summed E-state index contributed by atoms with van der Waals surface area (Å²) in [7, 11) is 3.24. The minimum absolute atomic E-state index is 0.114. The van der Waals surface area contributed by atoms with E-state index in [0.717, 1.165) is 42.7 Å². The Balaban J connectivity index is 1.61. The summed E-state index contributed by atoms with van der Waals surface area (Å²) in [5.74, 6) is 1.03. The van der Waals surface area contributed by atoms with Crippen molar-refractivity contribution in [3.8, 4) is 11.5 Å². The van der Waals surface area contributed by atoms with Crippen molar-refractivity contribution in [1.82, 2.24) is 9.80 Å². The molecule has 3 amide bonds. The van der Waals surface area contributed by atoms with Gasteiger partial charge in [0.25, 0.3) is 0 Å². The van der Waals surface area contributed by atoms with Crippen molar-refractivity contribution in [1.29, 1.82) is 0 Å². The van der Waals surface area contributed by atoms with E-state index in [9.17, 15) is 9.59 Å². The quantitative estimate of drug-likeness (QED) is 0.771. The van der Waals surface area contributed by atoms with Crippen molar-refractivity contribution in [2.24, 2.45) is 5.92 Å². The van der Waals surface area contributed by atoms with Gasteiger partial charge in [-0.25, -0.2) is 4.79 Å². The molecule has 0 aromatic heterocycles. The van der Waals surface area contributed by atoms with E-state index in [-0.39, 0.29) is 23.8 Å². The van der Waals surface area contributed by atoms with E-state index in [2.05, 4.69) is 5.32 Å². The van der Waals surface area contributed by atoms with Crippen LogP contribution in [0.2, 0.25) is 0 Å². The Hall–Kier alpha value is -3.22. The minimum atomic E-state index is -0.321. The molecule has 2 fully saturated rings. The first-order valence-electron chi connectivity index (χ1n) is 11.1. The molecule has 0 radical (unpaired) electrons. The highest BCUT2D eigenvalue weighted by Gasteiger charge is 2.43. The largest absolute Gasteiger partial charge is 0.497 e. The number of aryl methyl sites for hydroxylation is 1. The molecule has 2 heterocycles. The predicted molar refractivity (Wildman–Crippen MR) is 123 cm³/mol. The van der Waals surface area contributed by atoms with E-state index in [0.29, 0.717) is 24.6 Å². The van der Waals surface area contributed by atoms with Crippen molar-refractivity contribution >= 4 is 17.6 Å². The van der Waals surface area contributed by atoms with E-state index >= 15 is 0 Å². The fraction of sp³-hybridized carbons (Fsp3) is 0.440. The van der Waals surface area contributed by atoms with Crippen LogP contribution in [0.15, 0.2) is 42.5 Å². The zero-order valence-corrected chi connectivity index (χ0v) is 19.0. The Kier molecular flexibility index (Phi) is 6.53. The number of hydrogen-bond donors (Lipinski definition) is 1. The third-order valence-electron chi connectivity index (χ3n) is 6.48. The van der Waals surface area contributed by atoms with E-state index in [4.69, 9.17) is 9.47 Å². The van der Waals surface area contributed by atoms with Crippen LogP contribution in [-0.2, 0) is 4.79 Å². The van der Waals surface area contributed by atoms with Gasteiger partial charge in [0, 0.05) is 43.3 Å². The highest BCUT2D eigenvalue weighted by atomic mass is 16.5. The summed E-state index contributed by atoms with van der Waals surface area (Å²) in [6, 6.07) is 13.1. The minimum Gasteiger partial charge on any atom is -0.497 e. The summed E-state index contributed by atoms with van der Waals surface area (Å²) in [6.45, 7) is 4.38. The lowest BCUT2D eigenvalue weighted by Crippen LogP contribution is -2.38. The lowest BCUT2D eigenvalue weighted by molar-refractivity contribution is -0.134. The number of anilines is 1. The number of likely N-dealkylation sites (tertiary alicyclic amines) is 2. The molecule has 0 aliphatic carbocycles. The zero-order chi connectivity index (χ0) is 22.7. The maximum atomic E-state index is 13.4. The molecule has 2 aromatic carbocycles. The van der Waals surface area contributed by atoms with Crippen LogP contribution >= 0.6 is 0 Å². The summed E-state index contributed by atoms with van der Waals surface area (Å²) >= 11 is 0. The molecule has 0 bridgehead atoms. The number of nitrogens with one attached hydrogen (secondary N) is 1. The Bertz CT molecular complexity index is 970. The first kappa shape index (κ1) is 22.0. The fourth-order valence-corrected chi connectivity index (χ4v) is 4.68. The monoisotopic (exact) mass is 437 g/mol. The van der Waals surface area contributed by atoms with Crippen molar-refractivity contribution in [2.75, 3.05) is 45.7 Å². The molecule has 2 aromatic rings. The van der Waals surface area contributed by atoms with Crippen LogP contribution < -0.4 is 14.8 Å². The summed E-state index contributed by atoms with van der Waals surface area (Å²) in [5, 5.41) is 2.97. The van der Waals surface area contributed by atoms with E-state index in [1.807, 2.05) is 54.3 Å². The molecule has 0 saturated carbocycles. The first-order valence-corrected chi connectivity index (χ1v) is 11.1. The SMILES string of the molecule is COc1ccc(OC)c([C@H]2CN(C(=O)Nc3ccc(C)cc3)C[C@@H]2C(=O)N2CCCC2)c1. The number of nitrogens with zero attached hydrogens (tertiary/aromatic N) is 2. The van der Waals surface area contributed by atoms with Gasteiger partial charge in [-0.15, -0.1) is 0 Å². The standard InChI is InChI=1S/C25H31N3O4/c1-17-6-8-18(9-7-17)26-25(30)28-15-21(20-14-19(31-2)10-11-23(20)32-3)22(16-28)24(29)27-12-4-5-13-27/h6-11,14,21-22H,4-5,12-13,15-16H2,1-3H3,(H,26,30)/t21-,22+/m1/s1. The molecule has 0 unspecified atom stereocenters. The number of amides is 3. The second-order valence-electron chi connectivity index (χ2n) is 8.55. The highest BCUT2D eigenvalue weighted by molar-refractivity contribution is 5.91. The number of hydrogen-bond acceptors (Lipinski definition) is 4. The van der Waals surface area contributed by atoms with Gasteiger partial charge in [-0.3, -0.25) is 4.79 Å². The first-order chi connectivity index (χ1) is 15.5. The molecular formula is C25H31N3O4. The molecule has 2 aliphatic heterocycles. The van der Waals surface area contributed by atoms with Gasteiger partial charge in [0.05, 0.1) is 20.1 Å². The molecular weight excluding hydrogens is 406 g/mol. The number of carbonyl (C=O) groups is 2. The van der Waals surface area contributed by atoms with E-state index in [1.165, 1.54) is 0 Å². The van der Waals surface area contributed by atoms with Crippen LogP contribution in [0.5, 0.6) is 11.5 Å². The maximum absolute atomic E-state index is 13.4.